The lowest BCUT2D eigenvalue weighted by Gasteiger charge is -2.19. The van der Waals surface area contributed by atoms with Crippen molar-refractivity contribution in [3.8, 4) is 55.6 Å². The largest absolute Gasteiger partial charge is 0.0622 e. The molecule has 0 unspecified atom stereocenters. The molecule has 14 aromatic rings. The van der Waals surface area contributed by atoms with Crippen molar-refractivity contribution in [2.75, 3.05) is 0 Å². The Morgan fingerprint density at radius 1 is 0.172 bits per heavy atom. The molecule has 0 aliphatic rings. The zero-order valence-corrected chi connectivity index (χ0v) is 34.9. The summed E-state index contributed by atoms with van der Waals surface area (Å²) in [6.45, 7) is 0. The minimum Gasteiger partial charge on any atom is -0.0622 e. The molecule has 0 atom stereocenters. The van der Waals surface area contributed by atoms with Gasteiger partial charge >= 0.3 is 0 Å². The molecule has 0 fully saturated rings. The lowest BCUT2D eigenvalue weighted by Crippen LogP contribution is -1.91. The number of hydrogen-bond acceptors (Lipinski definition) is 0. The number of rotatable bonds is 5. The Balaban J connectivity index is 1.19. The molecule has 64 heavy (non-hydrogen) atoms. The molecule has 0 N–H and O–H groups in total. The number of fused-ring (bicyclic) bond motifs is 10. The van der Waals surface area contributed by atoms with Gasteiger partial charge in [-0.1, -0.05) is 212 Å². The number of benzene rings is 12. The molecular formula is C64H38. The van der Waals surface area contributed by atoms with Crippen LogP contribution in [-0.4, -0.2) is 0 Å². The van der Waals surface area contributed by atoms with Gasteiger partial charge in [-0.05, 0) is 160 Å². The Morgan fingerprint density at radius 2 is 0.656 bits per heavy atom. The van der Waals surface area contributed by atoms with Gasteiger partial charge in [0.2, 0.25) is 0 Å². The lowest BCUT2D eigenvalue weighted by atomic mass is 9.83. The molecule has 0 spiro atoms. The van der Waals surface area contributed by atoms with Gasteiger partial charge in [0.15, 0.2) is 0 Å². The first-order chi connectivity index (χ1) is 31.8. The Morgan fingerprint density at radius 3 is 1.31 bits per heavy atom. The second-order valence-corrected chi connectivity index (χ2v) is 17.4. The summed E-state index contributed by atoms with van der Waals surface area (Å²) in [5.74, 6) is 0. The van der Waals surface area contributed by atoms with Crippen LogP contribution in [0.3, 0.4) is 0 Å². The van der Waals surface area contributed by atoms with Crippen LogP contribution in [-0.2, 0) is 0 Å². The highest BCUT2D eigenvalue weighted by Crippen LogP contribution is 2.55. The first-order valence-corrected chi connectivity index (χ1v) is 22.3. The van der Waals surface area contributed by atoms with E-state index in [-0.39, 0.29) is 0 Å². The smallest absolute Gasteiger partial charge is 0.000697 e. The molecule has 0 heterocycles. The minimum atomic E-state index is 1.21. The third-order valence-corrected chi connectivity index (χ3v) is 14.1. The molecule has 0 bridgehead atoms. The topological polar surface area (TPSA) is 0 Å². The Labute approximate surface area is 370 Å². The minimum absolute atomic E-state index is 1.21. The zero-order chi connectivity index (χ0) is 41.9. The van der Waals surface area contributed by atoms with E-state index in [1.807, 2.05) is 0 Å². The maximum atomic E-state index is 2.56. The van der Waals surface area contributed by atoms with E-state index in [4.69, 9.17) is 0 Å². The van der Waals surface area contributed by atoms with Gasteiger partial charge in [0.1, 0.15) is 0 Å². The first kappa shape index (κ1) is 35.3. The molecule has 294 valence electrons. The van der Waals surface area contributed by atoms with Crippen LogP contribution >= 0.6 is 0 Å². The molecule has 0 saturated carbocycles. The van der Waals surface area contributed by atoms with Crippen molar-refractivity contribution in [1.29, 1.82) is 0 Å². The van der Waals surface area contributed by atoms with Crippen LogP contribution in [0.25, 0.3) is 142 Å². The van der Waals surface area contributed by atoms with Crippen molar-refractivity contribution in [1.82, 2.24) is 0 Å². The monoisotopic (exact) mass is 806 g/mol. The molecule has 14 rings (SSSR count). The molecule has 0 heteroatoms. The average Bonchev–Trinajstić information content (AvgIpc) is 3.87. The van der Waals surface area contributed by atoms with E-state index in [1.54, 1.807) is 0 Å². The van der Waals surface area contributed by atoms with Crippen molar-refractivity contribution in [3.05, 3.63) is 231 Å². The molecule has 0 aliphatic carbocycles. The van der Waals surface area contributed by atoms with Crippen LogP contribution < -0.4 is 0 Å². The van der Waals surface area contributed by atoms with Crippen LogP contribution in [0.5, 0.6) is 0 Å². The van der Waals surface area contributed by atoms with Crippen molar-refractivity contribution in [2.45, 2.75) is 0 Å². The lowest BCUT2D eigenvalue weighted by molar-refractivity contribution is 1.57. The first-order valence-electron chi connectivity index (χ1n) is 22.3. The maximum absolute atomic E-state index is 2.56. The van der Waals surface area contributed by atoms with E-state index in [0.29, 0.717) is 0 Å². The predicted molar refractivity (Wildman–Crippen MR) is 276 cm³/mol. The Bertz CT molecular complexity index is 4070. The molecular weight excluding hydrogens is 769 g/mol. The van der Waals surface area contributed by atoms with Gasteiger partial charge in [-0.2, -0.15) is 0 Å². The highest BCUT2D eigenvalue weighted by atomic mass is 14.3. The molecule has 0 aliphatic heterocycles. The summed E-state index contributed by atoms with van der Waals surface area (Å²) in [6, 6.07) is 86.0. The summed E-state index contributed by atoms with van der Waals surface area (Å²) in [4.78, 5) is 0. The highest BCUT2D eigenvalue weighted by Gasteiger charge is 2.27. The van der Waals surface area contributed by atoms with E-state index < -0.39 is 0 Å². The summed E-state index contributed by atoms with van der Waals surface area (Å²) >= 11 is 0. The summed E-state index contributed by atoms with van der Waals surface area (Å²) in [5, 5.41) is 20.9. The molecule has 0 saturated heterocycles. The molecule has 0 radical (unpaired) electrons. The van der Waals surface area contributed by atoms with Gasteiger partial charge in [-0.25, -0.2) is 0 Å². The van der Waals surface area contributed by atoms with Crippen molar-refractivity contribution in [3.63, 3.8) is 0 Å². The van der Waals surface area contributed by atoms with E-state index in [1.165, 1.54) is 142 Å². The van der Waals surface area contributed by atoms with Crippen LogP contribution in [0.1, 0.15) is 0 Å². The van der Waals surface area contributed by atoms with Gasteiger partial charge in [0, 0.05) is 0 Å². The summed E-state index contributed by atoms with van der Waals surface area (Å²) in [7, 11) is 0. The van der Waals surface area contributed by atoms with Crippen molar-refractivity contribution >= 4 is 86.2 Å². The van der Waals surface area contributed by atoms with Crippen molar-refractivity contribution in [2.24, 2.45) is 0 Å². The van der Waals surface area contributed by atoms with Gasteiger partial charge < -0.3 is 0 Å². The standard InChI is InChI=1S/C64H38/c1-5-18-39(19-6-1)46-28-15-29-47(40-20-7-2-8-21-40)57(46)44-34-35-48-50-31-17-32-51-60(50)54(53(48)37-44)38-56-58(41-22-9-3-10-23-41)63-52-33-16-30-49-45-27-14-13-26-43(45)36-55(61(49)52)64(63)59(62(51)56)42-24-11-4-12-25-42/h1-38H. The fourth-order valence-corrected chi connectivity index (χ4v) is 11.5. The fourth-order valence-electron chi connectivity index (χ4n) is 11.5. The van der Waals surface area contributed by atoms with Crippen LogP contribution in [0, 0.1) is 0 Å². The van der Waals surface area contributed by atoms with Gasteiger partial charge in [0.25, 0.3) is 0 Å². The third-order valence-electron chi connectivity index (χ3n) is 14.1. The number of hydrogen-bond donors (Lipinski definition) is 0. The SMILES string of the molecule is c1ccc(-c2cccc(-c3ccccc3)c2-c2ccc3c(c2)c2cc4c(-c5ccccc5)c5c6cccc7c8ccccc8cc(c5c(-c5ccccc5)c4c4cccc3c24)c76)cc1. The summed E-state index contributed by atoms with van der Waals surface area (Å²) < 4.78 is 0. The predicted octanol–water partition coefficient (Wildman–Crippen LogP) is 18.1. The Kier molecular flexibility index (Phi) is 7.49. The summed E-state index contributed by atoms with van der Waals surface area (Å²) in [5.41, 5.74) is 12.4. The fraction of sp³-hybridized carbons (Fsp3) is 0. The average molecular weight is 807 g/mol. The third kappa shape index (κ3) is 4.94. The van der Waals surface area contributed by atoms with Crippen LogP contribution in [0.4, 0.5) is 0 Å². The van der Waals surface area contributed by atoms with Crippen molar-refractivity contribution < 1.29 is 0 Å². The van der Waals surface area contributed by atoms with E-state index in [0.717, 1.165) is 0 Å². The highest BCUT2D eigenvalue weighted by molar-refractivity contribution is 6.46. The molecule has 0 aromatic heterocycles. The van der Waals surface area contributed by atoms with Gasteiger partial charge in [-0.3, -0.25) is 0 Å². The van der Waals surface area contributed by atoms with Crippen LogP contribution in [0.15, 0.2) is 231 Å². The normalized spacial score (nSPS) is 12.1. The molecule has 14 aromatic carbocycles. The van der Waals surface area contributed by atoms with E-state index >= 15 is 0 Å². The zero-order valence-electron chi connectivity index (χ0n) is 34.9. The second-order valence-electron chi connectivity index (χ2n) is 17.4. The second kappa shape index (κ2) is 13.6. The molecule has 0 nitrogen and oxygen atoms in total. The van der Waals surface area contributed by atoms with E-state index in [9.17, 15) is 0 Å². The Hall–Kier alpha value is -8.32. The summed E-state index contributed by atoms with van der Waals surface area (Å²) in [6.07, 6.45) is 0. The van der Waals surface area contributed by atoms with Gasteiger partial charge in [-0.15, -0.1) is 0 Å². The maximum Gasteiger partial charge on any atom is -0.000697 e. The van der Waals surface area contributed by atoms with E-state index in [2.05, 4.69) is 231 Å². The quantitative estimate of drug-likeness (QED) is 0.152. The molecule has 0 amide bonds. The van der Waals surface area contributed by atoms with Crippen LogP contribution in [0.2, 0.25) is 0 Å². The van der Waals surface area contributed by atoms with Gasteiger partial charge in [0.05, 0.1) is 0 Å².